The van der Waals surface area contributed by atoms with E-state index in [1.165, 1.54) is 18.5 Å². The topological polar surface area (TPSA) is 44.4 Å². The highest BCUT2D eigenvalue weighted by molar-refractivity contribution is 6.03. The standard InChI is InChI=1S/C17H27N3O/c1-5-7-10-20(12(3)6-2)13-8-9-14-15(11-13)19-17(21)16(14)18-4/h8-9,11-12,16,18H,5-7,10H2,1-4H3,(H,19,21). The summed E-state index contributed by atoms with van der Waals surface area (Å²) in [5.74, 6) is 0.0355. The Balaban J connectivity index is 2.27. The van der Waals surface area contributed by atoms with Gasteiger partial charge in [-0.25, -0.2) is 0 Å². The summed E-state index contributed by atoms with van der Waals surface area (Å²) >= 11 is 0. The Bertz CT molecular complexity index is 501. The van der Waals surface area contributed by atoms with Gasteiger partial charge in [0.1, 0.15) is 6.04 Å². The van der Waals surface area contributed by atoms with Gasteiger partial charge in [-0.1, -0.05) is 26.3 Å². The van der Waals surface area contributed by atoms with Gasteiger partial charge in [-0.05, 0) is 38.9 Å². The second kappa shape index (κ2) is 6.94. The molecule has 2 rings (SSSR count). The molecule has 2 atom stereocenters. The number of benzene rings is 1. The lowest BCUT2D eigenvalue weighted by Crippen LogP contribution is -2.33. The van der Waals surface area contributed by atoms with Crippen molar-refractivity contribution in [2.75, 3.05) is 23.8 Å². The zero-order valence-electron chi connectivity index (χ0n) is 13.6. The maximum atomic E-state index is 11.9. The van der Waals surface area contributed by atoms with Crippen LogP contribution in [0.2, 0.25) is 0 Å². The second-order valence-corrected chi connectivity index (χ2v) is 5.79. The molecule has 0 spiro atoms. The Morgan fingerprint density at radius 1 is 1.38 bits per heavy atom. The number of likely N-dealkylation sites (N-methyl/N-ethyl adjacent to an activating group) is 1. The maximum absolute atomic E-state index is 11.9. The fourth-order valence-electron chi connectivity index (χ4n) is 2.87. The molecule has 0 aliphatic carbocycles. The van der Waals surface area contributed by atoms with E-state index < -0.39 is 0 Å². The van der Waals surface area contributed by atoms with Gasteiger partial charge in [0.25, 0.3) is 0 Å². The van der Waals surface area contributed by atoms with E-state index in [0.717, 1.165) is 24.2 Å². The number of anilines is 2. The minimum atomic E-state index is -0.221. The minimum absolute atomic E-state index is 0.0355. The third-order valence-corrected chi connectivity index (χ3v) is 4.36. The van der Waals surface area contributed by atoms with Crippen molar-refractivity contribution in [1.82, 2.24) is 5.32 Å². The van der Waals surface area contributed by atoms with Gasteiger partial charge >= 0.3 is 0 Å². The molecule has 0 radical (unpaired) electrons. The molecule has 0 saturated heterocycles. The molecule has 1 aliphatic rings. The summed E-state index contributed by atoms with van der Waals surface area (Å²) in [6.45, 7) is 7.76. The Morgan fingerprint density at radius 3 is 2.76 bits per heavy atom. The first-order valence-electron chi connectivity index (χ1n) is 8.01. The number of carbonyl (C=O) groups is 1. The summed E-state index contributed by atoms with van der Waals surface area (Å²) in [7, 11) is 1.82. The van der Waals surface area contributed by atoms with Crippen LogP contribution in [0.15, 0.2) is 18.2 Å². The minimum Gasteiger partial charge on any atom is -0.369 e. The van der Waals surface area contributed by atoms with Crippen molar-refractivity contribution in [2.45, 2.75) is 52.1 Å². The predicted octanol–water partition coefficient (Wildman–Crippen LogP) is 3.30. The van der Waals surface area contributed by atoms with Crippen LogP contribution in [0, 0.1) is 0 Å². The summed E-state index contributed by atoms with van der Waals surface area (Å²) in [6, 6.07) is 6.62. The SMILES string of the molecule is CCCCN(c1ccc2c(c1)NC(=O)C2NC)C(C)CC. The van der Waals surface area contributed by atoms with E-state index >= 15 is 0 Å². The Labute approximate surface area is 127 Å². The van der Waals surface area contributed by atoms with Crippen LogP contribution in [0.25, 0.3) is 0 Å². The summed E-state index contributed by atoms with van der Waals surface area (Å²) < 4.78 is 0. The average molecular weight is 289 g/mol. The van der Waals surface area contributed by atoms with E-state index in [0.29, 0.717) is 6.04 Å². The van der Waals surface area contributed by atoms with Gasteiger partial charge in [-0.2, -0.15) is 0 Å². The highest BCUT2D eigenvalue weighted by Gasteiger charge is 2.29. The lowest BCUT2D eigenvalue weighted by molar-refractivity contribution is -0.117. The first kappa shape index (κ1) is 15.8. The first-order valence-corrected chi connectivity index (χ1v) is 8.01. The zero-order chi connectivity index (χ0) is 15.4. The molecule has 21 heavy (non-hydrogen) atoms. The van der Waals surface area contributed by atoms with Gasteiger partial charge < -0.3 is 15.5 Å². The number of amides is 1. The molecular weight excluding hydrogens is 262 g/mol. The van der Waals surface area contributed by atoms with E-state index in [4.69, 9.17) is 0 Å². The Morgan fingerprint density at radius 2 is 2.14 bits per heavy atom. The summed E-state index contributed by atoms with van der Waals surface area (Å²) in [6.07, 6.45) is 3.50. The van der Waals surface area contributed by atoms with Crippen molar-refractivity contribution in [1.29, 1.82) is 0 Å². The summed E-state index contributed by atoms with van der Waals surface area (Å²) in [5.41, 5.74) is 3.20. The van der Waals surface area contributed by atoms with Gasteiger partial charge in [0.05, 0.1) is 0 Å². The maximum Gasteiger partial charge on any atom is 0.246 e. The summed E-state index contributed by atoms with van der Waals surface area (Å²) in [5, 5.41) is 6.04. The van der Waals surface area contributed by atoms with Crippen molar-refractivity contribution in [3.8, 4) is 0 Å². The van der Waals surface area contributed by atoms with Gasteiger partial charge in [0.2, 0.25) is 5.91 Å². The zero-order valence-corrected chi connectivity index (χ0v) is 13.6. The van der Waals surface area contributed by atoms with Crippen LogP contribution in [0.1, 0.15) is 51.6 Å². The predicted molar refractivity (Wildman–Crippen MR) is 88.9 cm³/mol. The lowest BCUT2D eigenvalue weighted by atomic mass is 10.1. The highest BCUT2D eigenvalue weighted by Crippen LogP contribution is 2.34. The van der Waals surface area contributed by atoms with Gasteiger partial charge in [0.15, 0.2) is 0 Å². The molecule has 0 saturated carbocycles. The number of hydrogen-bond donors (Lipinski definition) is 2. The van der Waals surface area contributed by atoms with Crippen LogP contribution < -0.4 is 15.5 Å². The van der Waals surface area contributed by atoms with Crippen LogP contribution >= 0.6 is 0 Å². The normalized spacial score (nSPS) is 18.3. The van der Waals surface area contributed by atoms with Crippen molar-refractivity contribution in [3.05, 3.63) is 23.8 Å². The Hall–Kier alpha value is -1.55. The molecule has 0 bridgehead atoms. The molecule has 2 N–H and O–H groups in total. The van der Waals surface area contributed by atoms with Crippen molar-refractivity contribution in [3.63, 3.8) is 0 Å². The monoisotopic (exact) mass is 289 g/mol. The summed E-state index contributed by atoms with van der Waals surface area (Å²) in [4.78, 5) is 14.4. The molecule has 1 amide bonds. The molecule has 116 valence electrons. The number of hydrogen-bond acceptors (Lipinski definition) is 3. The van der Waals surface area contributed by atoms with Crippen LogP contribution in [-0.2, 0) is 4.79 Å². The fraction of sp³-hybridized carbons (Fsp3) is 0.588. The number of nitrogens with zero attached hydrogens (tertiary/aromatic N) is 1. The number of unbranched alkanes of at least 4 members (excludes halogenated alkanes) is 1. The van der Waals surface area contributed by atoms with Gasteiger partial charge in [-0.15, -0.1) is 0 Å². The number of fused-ring (bicyclic) bond motifs is 1. The van der Waals surface area contributed by atoms with Crippen LogP contribution in [0.3, 0.4) is 0 Å². The van der Waals surface area contributed by atoms with Crippen molar-refractivity contribution >= 4 is 17.3 Å². The van der Waals surface area contributed by atoms with E-state index in [1.807, 2.05) is 7.05 Å². The molecule has 1 aromatic carbocycles. The number of nitrogens with one attached hydrogen (secondary N) is 2. The van der Waals surface area contributed by atoms with Crippen LogP contribution in [-0.4, -0.2) is 25.5 Å². The second-order valence-electron chi connectivity index (χ2n) is 5.79. The third kappa shape index (κ3) is 3.21. The van der Waals surface area contributed by atoms with Crippen LogP contribution in [0.4, 0.5) is 11.4 Å². The number of rotatable bonds is 7. The van der Waals surface area contributed by atoms with Gasteiger partial charge in [0, 0.05) is 29.5 Å². The van der Waals surface area contributed by atoms with E-state index in [9.17, 15) is 4.79 Å². The molecule has 1 heterocycles. The molecule has 1 aliphatic heterocycles. The quantitative estimate of drug-likeness (QED) is 0.809. The molecule has 4 nitrogen and oxygen atoms in total. The molecular formula is C17H27N3O. The van der Waals surface area contributed by atoms with Crippen molar-refractivity contribution in [2.24, 2.45) is 0 Å². The number of carbonyl (C=O) groups excluding carboxylic acids is 1. The first-order chi connectivity index (χ1) is 10.1. The van der Waals surface area contributed by atoms with Crippen molar-refractivity contribution < 1.29 is 4.79 Å². The van der Waals surface area contributed by atoms with E-state index in [1.54, 1.807) is 0 Å². The average Bonchev–Trinajstić information content (AvgIpc) is 2.81. The lowest BCUT2D eigenvalue weighted by Gasteiger charge is -2.31. The van der Waals surface area contributed by atoms with Gasteiger partial charge in [-0.3, -0.25) is 4.79 Å². The van der Waals surface area contributed by atoms with E-state index in [2.05, 4.69) is 54.5 Å². The Kier molecular flexibility index (Phi) is 5.23. The highest BCUT2D eigenvalue weighted by atomic mass is 16.2. The molecule has 0 fully saturated rings. The molecule has 1 aromatic rings. The van der Waals surface area contributed by atoms with E-state index in [-0.39, 0.29) is 11.9 Å². The third-order valence-electron chi connectivity index (χ3n) is 4.36. The fourth-order valence-corrected chi connectivity index (χ4v) is 2.87. The van der Waals surface area contributed by atoms with Crippen LogP contribution in [0.5, 0.6) is 0 Å². The molecule has 0 aromatic heterocycles. The largest absolute Gasteiger partial charge is 0.369 e. The molecule has 2 unspecified atom stereocenters. The smallest absolute Gasteiger partial charge is 0.246 e. The molecule has 4 heteroatoms.